The Morgan fingerprint density at radius 1 is 1.47 bits per heavy atom. The van der Waals surface area contributed by atoms with Gasteiger partial charge in [0, 0.05) is 12.1 Å². The van der Waals surface area contributed by atoms with Gasteiger partial charge in [-0.25, -0.2) is 8.42 Å². The van der Waals surface area contributed by atoms with E-state index in [-0.39, 0.29) is 28.6 Å². The maximum Gasteiger partial charge on any atom is 0.251 e. The van der Waals surface area contributed by atoms with Crippen LogP contribution in [-0.2, 0) is 9.84 Å². The van der Waals surface area contributed by atoms with E-state index in [1.807, 2.05) is 0 Å². The van der Waals surface area contributed by atoms with Gasteiger partial charge in [0.2, 0.25) is 0 Å². The van der Waals surface area contributed by atoms with Crippen LogP contribution in [0, 0.1) is 0 Å². The molecule has 2 rings (SSSR count). The van der Waals surface area contributed by atoms with Gasteiger partial charge in [-0.05, 0) is 31.0 Å². The Kier molecular flexibility index (Phi) is 4.01. The topological polar surface area (TPSA) is 83.5 Å². The van der Waals surface area contributed by atoms with Gasteiger partial charge in [-0.15, -0.1) is 0 Å². The van der Waals surface area contributed by atoms with Crippen LogP contribution < -0.4 is 5.32 Å². The number of aromatic hydroxyl groups is 1. The normalized spacial score (nSPS) is 21.2. The molecule has 0 aliphatic carbocycles. The van der Waals surface area contributed by atoms with Crippen molar-refractivity contribution in [3.8, 4) is 5.75 Å². The van der Waals surface area contributed by atoms with Gasteiger partial charge >= 0.3 is 0 Å². The molecule has 1 atom stereocenters. The molecule has 1 aromatic rings. The number of hydrogen-bond acceptors (Lipinski definition) is 4. The standard InChI is InChI=1S/C12H14ClNO4S/c13-10-6-8(3-4-11(10)15)12(16)14-7-9-2-1-5-19(9,17)18/h3-4,6,9,15H,1-2,5,7H2,(H,14,16). The first kappa shape index (κ1) is 14.1. The maximum atomic E-state index is 11.8. The van der Waals surface area contributed by atoms with Crippen LogP contribution in [0.2, 0.25) is 5.02 Å². The summed E-state index contributed by atoms with van der Waals surface area (Å²) in [6, 6.07) is 4.10. The summed E-state index contributed by atoms with van der Waals surface area (Å²) in [6.07, 6.45) is 1.23. The average Bonchev–Trinajstić information content (AvgIpc) is 2.69. The minimum absolute atomic E-state index is 0.0844. The molecule has 1 aromatic carbocycles. The zero-order valence-corrected chi connectivity index (χ0v) is 11.7. The molecule has 19 heavy (non-hydrogen) atoms. The summed E-state index contributed by atoms with van der Waals surface area (Å²) in [7, 11) is -3.06. The van der Waals surface area contributed by atoms with Crippen molar-refractivity contribution in [3.63, 3.8) is 0 Å². The lowest BCUT2D eigenvalue weighted by atomic mass is 10.2. The van der Waals surface area contributed by atoms with Crippen LogP contribution in [0.15, 0.2) is 18.2 Å². The molecule has 1 heterocycles. The van der Waals surface area contributed by atoms with Crippen LogP contribution in [0.1, 0.15) is 23.2 Å². The monoisotopic (exact) mass is 303 g/mol. The van der Waals surface area contributed by atoms with Gasteiger partial charge in [0.15, 0.2) is 9.84 Å². The third-order valence-electron chi connectivity index (χ3n) is 3.16. The number of amides is 1. The summed E-state index contributed by atoms with van der Waals surface area (Å²) >= 11 is 5.70. The van der Waals surface area contributed by atoms with Gasteiger partial charge in [0.25, 0.3) is 5.91 Å². The molecule has 0 radical (unpaired) electrons. The molecular weight excluding hydrogens is 290 g/mol. The van der Waals surface area contributed by atoms with Crippen molar-refractivity contribution in [2.75, 3.05) is 12.3 Å². The smallest absolute Gasteiger partial charge is 0.251 e. The Labute approximate surface area is 116 Å². The molecule has 0 aromatic heterocycles. The second-order valence-electron chi connectivity index (χ2n) is 4.51. The zero-order chi connectivity index (χ0) is 14.0. The molecular formula is C12H14ClNO4S. The number of carbonyl (C=O) groups is 1. The minimum atomic E-state index is -3.06. The molecule has 0 spiro atoms. The second kappa shape index (κ2) is 5.38. The predicted octanol–water partition coefficient (Wildman–Crippen LogP) is 1.35. The van der Waals surface area contributed by atoms with Gasteiger partial charge in [0.05, 0.1) is 16.0 Å². The lowest BCUT2D eigenvalue weighted by molar-refractivity contribution is 0.0953. The first-order valence-electron chi connectivity index (χ1n) is 5.88. The molecule has 2 N–H and O–H groups in total. The molecule has 1 aliphatic heterocycles. The molecule has 0 saturated carbocycles. The molecule has 1 fully saturated rings. The van der Waals surface area contributed by atoms with Gasteiger partial charge in [0.1, 0.15) is 5.75 Å². The molecule has 1 aliphatic rings. The van der Waals surface area contributed by atoms with Crippen LogP contribution in [0.5, 0.6) is 5.75 Å². The average molecular weight is 304 g/mol. The number of phenols is 1. The van der Waals surface area contributed by atoms with E-state index in [0.717, 1.165) is 0 Å². The van der Waals surface area contributed by atoms with E-state index >= 15 is 0 Å². The van der Waals surface area contributed by atoms with Crippen molar-refractivity contribution >= 4 is 27.3 Å². The summed E-state index contributed by atoms with van der Waals surface area (Å²) in [4.78, 5) is 11.8. The number of phenolic OH excluding ortho intramolecular Hbond substituents is 1. The van der Waals surface area contributed by atoms with E-state index in [9.17, 15) is 18.3 Å². The highest BCUT2D eigenvalue weighted by atomic mass is 35.5. The van der Waals surface area contributed by atoms with Gasteiger partial charge in [-0.1, -0.05) is 11.6 Å². The first-order chi connectivity index (χ1) is 8.90. The lowest BCUT2D eigenvalue weighted by Gasteiger charge is -2.11. The van der Waals surface area contributed by atoms with Gasteiger partial charge < -0.3 is 10.4 Å². The van der Waals surface area contributed by atoms with Crippen molar-refractivity contribution < 1.29 is 18.3 Å². The molecule has 1 amide bonds. The highest BCUT2D eigenvalue weighted by Gasteiger charge is 2.31. The Morgan fingerprint density at radius 3 is 2.79 bits per heavy atom. The highest BCUT2D eigenvalue weighted by molar-refractivity contribution is 7.92. The van der Waals surface area contributed by atoms with Crippen molar-refractivity contribution in [2.45, 2.75) is 18.1 Å². The second-order valence-corrected chi connectivity index (χ2v) is 7.32. The van der Waals surface area contributed by atoms with E-state index < -0.39 is 21.0 Å². The van der Waals surface area contributed by atoms with Crippen LogP contribution in [0.3, 0.4) is 0 Å². The van der Waals surface area contributed by atoms with Crippen LogP contribution >= 0.6 is 11.6 Å². The fourth-order valence-corrected chi connectivity index (χ4v) is 3.99. The third kappa shape index (κ3) is 3.19. The highest BCUT2D eigenvalue weighted by Crippen LogP contribution is 2.24. The Hall–Kier alpha value is -1.27. The summed E-state index contributed by atoms with van der Waals surface area (Å²) < 4.78 is 23.2. The summed E-state index contributed by atoms with van der Waals surface area (Å²) in [5.41, 5.74) is 0.290. The fraction of sp³-hybridized carbons (Fsp3) is 0.417. The van der Waals surface area contributed by atoms with E-state index in [2.05, 4.69) is 5.32 Å². The number of halogens is 1. The van der Waals surface area contributed by atoms with Crippen molar-refractivity contribution in [1.82, 2.24) is 5.32 Å². The van der Waals surface area contributed by atoms with E-state index in [4.69, 9.17) is 11.6 Å². The van der Waals surface area contributed by atoms with E-state index in [1.165, 1.54) is 18.2 Å². The van der Waals surface area contributed by atoms with Crippen molar-refractivity contribution in [3.05, 3.63) is 28.8 Å². The van der Waals surface area contributed by atoms with E-state index in [1.54, 1.807) is 0 Å². The zero-order valence-electron chi connectivity index (χ0n) is 10.1. The van der Waals surface area contributed by atoms with Crippen molar-refractivity contribution in [1.29, 1.82) is 0 Å². The molecule has 7 heteroatoms. The predicted molar refractivity (Wildman–Crippen MR) is 72.3 cm³/mol. The molecule has 5 nitrogen and oxygen atoms in total. The molecule has 0 bridgehead atoms. The van der Waals surface area contributed by atoms with Gasteiger partial charge in [-0.3, -0.25) is 4.79 Å². The molecule has 104 valence electrons. The number of carbonyl (C=O) groups excluding carboxylic acids is 1. The van der Waals surface area contributed by atoms with Crippen LogP contribution in [-0.4, -0.2) is 37.0 Å². The number of rotatable bonds is 3. The van der Waals surface area contributed by atoms with E-state index in [0.29, 0.717) is 12.8 Å². The largest absolute Gasteiger partial charge is 0.506 e. The summed E-state index contributed by atoms with van der Waals surface area (Å²) in [6.45, 7) is 0.111. The van der Waals surface area contributed by atoms with Crippen LogP contribution in [0.25, 0.3) is 0 Å². The van der Waals surface area contributed by atoms with Gasteiger partial charge in [-0.2, -0.15) is 0 Å². The third-order valence-corrected chi connectivity index (χ3v) is 5.74. The maximum absolute atomic E-state index is 11.8. The Bertz CT molecular complexity index is 600. The molecule has 1 unspecified atom stereocenters. The minimum Gasteiger partial charge on any atom is -0.506 e. The molecule has 1 saturated heterocycles. The Balaban J connectivity index is 2.00. The summed E-state index contributed by atoms with van der Waals surface area (Å²) in [5, 5.41) is 11.4. The Morgan fingerprint density at radius 2 is 2.21 bits per heavy atom. The fourth-order valence-electron chi connectivity index (χ4n) is 2.04. The number of benzene rings is 1. The number of hydrogen-bond donors (Lipinski definition) is 2. The lowest BCUT2D eigenvalue weighted by Crippen LogP contribution is -2.34. The number of nitrogens with one attached hydrogen (secondary N) is 1. The SMILES string of the molecule is O=C(NCC1CCCS1(=O)=O)c1ccc(O)c(Cl)c1. The van der Waals surface area contributed by atoms with Crippen LogP contribution in [0.4, 0.5) is 0 Å². The summed E-state index contributed by atoms with van der Waals surface area (Å²) in [5.74, 6) is -0.306. The number of sulfone groups is 1. The first-order valence-corrected chi connectivity index (χ1v) is 7.98. The quantitative estimate of drug-likeness (QED) is 0.883. The van der Waals surface area contributed by atoms with Crippen molar-refractivity contribution in [2.24, 2.45) is 0 Å².